The monoisotopic (exact) mass is 282 g/mol. The van der Waals surface area contributed by atoms with Gasteiger partial charge in [0.1, 0.15) is 0 Å². The van der Waals surface area contributed by atoms with E-state index < -0.39 is 0 Å². The van der Waals surface area contributed by atoms with E-state index >= 15 is 0 Å². The molecule has 0 aliphatic rings. The van der Waals surface area contributed by atoms with Crippen LogP contribution in [0.1, 0.15) is 47.2 Å². The lowest BCUT2D eigenvalue weighted by molar-refractivity contribution is 0.526. The summed E-state index contributed by atoms with van der Waals surface area (Å²) in [5.41, 5.74) is 6.61. The summed E-state index contributed by atoms with van der Waals surface area (Å²) >= 11 is 0. The smallest absolute Gasteiger partial charge is 0.0376 e. The highest BCUT2D eigenvalue weighted by Gasteiger charge is 2.13. The zero-order valence-electron chi connectivity index (χ0n) is 13.6. The predicted molar refractivity (Wildman–Crippen MR) is 89.6 cm³/mol. The van der Waals surface area contributed by atoms with Gasteiger partial charge in [-0.3, -0.25) is 4.98 Å². The summed E-state index contributed by atoms with van der Waals surface area (Å²) in [4.78, 5) is 4.35. The average molecular weight is 282 g/mol. The fourth-order valence-corrected chi connectivity index (χ4v) is 2.64. The summed E-state index contributed by atoms with van der Waals surface area (Å²) in [6, 6.07) is 9.28. The van der Waals surface area contributed by atoms with Crippen molar-refractivity contribution < 1.29 is 0 Å². The molecular formula is C19H26N2. The standard InChI is InChI=1S/C19H26N2/c1-5-8-21-19(18-10-15(3)12-20-13-18)11-17-9-14(2)6-7-16(17)4/h6-7,9-10,12-13,19,21H,5,8,11H2,1-4H3. The van der Waals surface area contributed by atoms with Gasteiger partial charge in [-0.1, -0.05) is 36.8 Å². The minimum atomic E-state index is 0.331. The van der Waals surface area contributed by atoms with Crippen LogP contribution in [0.15, 0.2) is 36.7 Å². The number of aryl methyl sites for hydroxylation is 3. The first-order valence-corrected chi connectivity index (χ1v) is 7.81. The molecule has 21 heavy (non-hydrogen) atoms. The molecule has 0 spiro atoms. The maximum absolute atomic E-state index is 4.35. The summed E-state index contributed by atoms with van der Waals surface area (Å²) in [7, 11) is 0. The Kier molecular flexibility index (Phi) is 5.51. The average Bonchev–Trinajstić information content (AvgIpc) is 2.47. The SMILES string of the molecule is CCCNC(Cc1cc(C)ccc1C)c1cncc(C)c1. The number of pyridine rings is 1. The molecule has 0 aliphatic heterocycles. The Bertz CT molecular complexity index is 590. The molecule has 0 saturated heterocycles. The minimum absolute atomic E-state index is 0.331. The van der Waals surface area contributed by atoms with Crippen molar-refractivity contribution >= 4 is 0 Å². The van der Waals surface area contributed by atoms with Gasteiger partial charge < -0.3 is 5.32 Å². The molecule has 1 atom stereocenters. The van der Waals surface area contributed by atoms with Crippen molar-refractivity contribution in [3.63, 3.8) is 0 Å². The molecule has 1 aromatic heterocycles. The van der Waals surface area contributed by atoms with E-state index in [1.165, 1.54) is 27.8 Å². The summed E-state index contributed by atoms with van der Waals surface area (Å²) < 4.78 is 0. The molecule has 1 heterocycles. The van der Waals surface area contributed by atoms with Crippen LogP contribution in [0.2, 0.25) is 0 Å². The minimum Gasteiger partial charge on any atom is -0.310 e. The number of rotatable bonds is 6. The van der Waals surface area contributed by atoms with Gasteiger partial charge in [0.15, 0.2) is 0 Å². The van der Waals surface area contributed by atoms with Crippen LogP contribution in [-0.2, 0) is 6.42 Å². The number of nitrogens with zero attached hydrogens (tertiary/aromatic N) is 1. The molecule has 112 valence electrons. The second kappa shape index (κ2) is 7.37. The Balaban J connectivity index is 2.25. The molecule has 2 nitrogen and oxygen atoms in total. The highest BCUT2D eigenvalue weighted by atomic mass is 14.9. The van der Waals surface area contributed by atoms with Crippen LogP contribution in [0.25, 0.3) is 0 Å². The number of aromatic nitrogens is 1. The molecule has 0 aliphatic carbocycles. The van der Waals surface area contributed by atoms with E-state index in [9.17, 15) is 0 Å². The van der Waals surface area contributed by atoms with Gasteiger partial charge in [0.2, 0.25) is 0 Å². The number of benzene rings is 1. The molecule has 2 aromatic rings. The van der Waals surface area contributed by atoms with Gasteiger partial charge in [0, 0.05) is 18.4 Å². The van der Waals surface area contributed by atoms with Crippen molar-refractivity contribution in [1.82, 2.24) is 10.3 Å². The summed E-state index contributed by atoms with van der Waals surface area (Å²) in [5.74, 6) is 0. The summed E-state index contributed by atoms with van der Waals surface area (Å²) in [6.07, 6.45) is 6.06. The Hall–Kier alpha value is -1.67. The van der Waals surface area contributed by atoms with E-state index in [0.717, 1.165) is 19.4 Å². The lowest BCUT2D eigenvalue weighted by atomic mass is 9.95. The third kappa shape index (κ3) is 4.40. The van der Waals surface area contributed by atoms with Crippen molar-refractivity contribution in [3.05, 3.63) is 64.5 Å². The van der Waals surface area contributed by atoms with Crippen molar-refractivity contribution in [2.24, 2.45) is 0 Å². The van der Waals surface area contributed by atoms with E-state index in [4.69, 9.17) is 0 Å². The maximum atomic E-state index is 4.35. The molecule has 2 rings (SSSR count). The number of hydrogen-bond acceptors (Lipinski definition) is 2. The third-order valence-corrected chi connectivity index (χ3v) is 3.87. The zero-order valence-corrected chi connectivity index (χ0v) is 13.6. The first-order chi connectivity index (χ1) is 10.1. The van der Waals surface area contributed by atoms with Crippen LogP contribution >= 0.6 is 0 Å². The normalized spacial score (nSPS) is 12.4. The first kappa shape index (κ1) is 15.7. The highest BCUT2D eigenvalue weighted by molar-refractivity contribution is 5.33. The largest absolute Gasteiger partial charge is 0.310 e. The van der Waals surface area contributed by atoms with E-state index in [2.05, 4.69) is 62.3 Å². The number of hydrogen-bond donors (Lipinski definition) is 1. The first-order valence-electron chi connectivity index (χ1n) is 7.81. The molecule has 0 amide bonds. The summed E-state index contributed by atoms with van der Waals surface area (Å²) in [6.45, 7) is 9.69. The Morgan fingerprint density at radius 2 is 1.86 bits per heavy atom. The van der Waals surface area contributed by atoms with Gasteiger partial charge in [-0.25, -0.2) is 0 Å². The van der Waals surface area contributed by atoms with E-state index in [0.29, 0.717) is 6.04 Å². The molecule has 1 aromatic carbocycles. The summed E-state index contributed by atoms with van der Waals surface area (Å²) in [5, 5.41) is 3.67. The topological polar surface area (TPSA) is 24.9 Å². The second-order valence-corrected chi connectivity index (χ2v) is 5.94. The van der Waals surface area contributed by atoms with E-state index in [1.807, 2.05) is 12.4 Å². The fraction of sp³-hybridized carbons (Fsp3) is 0.421. The van der Waals surface area contributed by atoms with Crippen LogP contribution in [0.4, 0.5) is 0 Å². The van der Waals surface area contributed by atoms with Gasteiger partial charge in [-0.05, 0) is 62.4 Å². The van der Waals surface area contributed by atoms with Crippen molar-refractivity contribution in [1.29, 1.82) is 0 Å². The quantitative estimate of drug-likeness (QED) is 0.855. The Morgan fingerprint density at radius 1 is 1.05 bits per heavy atom. The predicted octanol–water partition coefficient (Wildman–Crippen LogP) is 4.29. The molecule has 0 bridgehead atoms. The number of nitrogens with one attached hydrogen (secondary N) is 1. The molecule has 1 unspecified atom stereocenters. The van der Waals surface area contributed by atoms with Crippen LogP contribution in [0.3, 0.4) is 0 Å². The van der Waals surface area contributed by atoms with Gasteiger partial charge in [0.25, 0.3) is 0 Å². The highest BCUT2D eigenvalue weighted by Crippen LogP contribution is 2.21. The van der Waals surface area contributed by atoms with Crippen molar-refractivity contribution in [2.45, 2.75) is 46.6 Å². The lowest BCUT2D eigenvalue weighted by Crippen LogP contribution is -2.24. The van der Waals surface area contributed by atoms with Crippen LogP contribution in [0.5, 0.6) is 0 Å². The Morgan fingerprint density at radius 3 is 2.57 bits per heavy atom. The van der Waals surface area contributed by atoms with Crippen molar-refractivity contribution in [3.8, 4) is 0 Å². The second-order valence-electron chi connectivity index (χ2n) is 5.94. The van der Waals surface area contributed by atoms with E-state index in [-0.39, 0.29) is 0 Å². The van der Waals surface area contributed by atoms with Crippen molar-refractivity contribution in [2.75, 3.05) is 6.54 Å². The molecular weight excluding hydrogens is 256 g/mol. The fourth-order valence-electron chi connectivity index (χ4n) is 2.64. The van der Waals surface area contributed by atoms with Gasteiger partial charge in [-0.15, -0.1) is 0 Å². The zero-order chi connectivity index (χ0) is 15.2. The van der Waals surface area contributed by atoms with E-state index in [1.54, 1.807) is 0 Å². The molecule has 0 radical (unpaired) electrons. The van der Waals surface area contributed by atoms with Crippen LogP contribution in [-0.4, -0.2) is 11.5 Å². The molecule has 1 N–H and O–H groups in total. The van der Waals surface area contributed by atoms with Gasteiger partial charge in [-0.2, -0.15) is 0 Å². The lowest BCUT2D eigenvalue weighted by Gasteiger charge is -2.20. The van der Waals surface area contributed by atoms with Crippen LogP contribution in [0, 0.1) is 20.8 Å². The van der Waals surface area contributed by atoms with Crippen LogP contribution < -0.4 is 5.32 Å². The molecule has 0 saturated carbocycles. The van der Waals surface area contributed by atoms with Gasteiger partial charge in [0.05, 0.1) is 0 Å². The molecule has 2 heteroatoms. The van der Waals surface area contributed by atoms with Gasteiger partial charge >= 0.3 is 0 Å². The Labute approximate surface area is 128 Å². The third-order valence-electron chi connectivity index (χ3n) is 3.87. The molecule has 0 fully saturated rings. The maximum Gasteiger partial charge on any atom is 0.0376 e.